The Kier molecular flexibility index (Phi) is 10.1. The number of carbonyl (C=O) groups is 2. The highest BCUT2D eigenvalue weighted by molar-refractivity contribution is 5.94. The average molecular weight is 607 g/mol. The Balaban J connectivity index is 1.46. The molecule has 0 aromatic heterocycles. The van der Waals surface area contributed by atoms with Gasteiger partial charge in [-0.2, -0.15) is 0 Å². The minimum absolute atomic E-state index is 0.0410. The van der Waals surface area contributed by atoms with E-state index in [1.165, 1.54) is 0 Å². The van der Waals surface area contributed by atoms with Gasteiger partial charge in [0.25, 0.3) is 0 Å². The molecule has 44 heavy (non-hydrogen) atoms. The van der Waals surface area contributed by atoms with Crippen molar-refractivity contribution in [3.05, 3.63) is 82.5 Å². The van der Waals surface area contributed by atoms with E-state index in [0.29, 0.717) is 49.2 Å². The predicted molar refractivity (Wildman–Crippen MR) is 164 cm³/mol. The number of carboxylic acid groups (broad SMARTS) is 1. The first-order valence-corrected chi connectivity index (χ1v) is 15.2. The molecule has 1 aliphatic carbocycles. The third-order valence-electron chi connectivity index (χ3n) is 8.79. The van der Waals surface area contributed by atoms with Gasteiger partial charge in [0.15, 0.2) is 5.76 Å². The molecule has 2 fully saturated rings. The molecular formula is C34H42N2O8. The Morgan fingerprint density at radius 2 is 1.75 bits per heavy atom. The summed E-state index contributed by atoms with van der Waals surface area (Å²) < 4.78 is 27.8. The second-order valence-electron chi connectivity index (χ2n) is 11.3. The fourth-order valence-corrected chi connectivity index (χ4v) is 6.67. The Labute approximate surface area is 258 Å². The van der Waals surface area contributed by atoms with Crippen LogP contribution in [0.2, 0.25) is 0 Å². The zero-order valence-corrected chi connectivity index (χ0v) is 25.8. The second kappa shape index (κ2) is 14.2. The van der Waals surface area contributed by atoms with Gasteiger partial charge in [0, 0.05) is 31.8 Å². The number of hydrogen-bond acceptors (Lipinski definition) is 8. The van der Waals surface area contributed by atoms with Crippen molar-refractivity contribution in [2.75, 3.05) is 52.6 Å². The first kappa shape index (κ1) is 31.4. The molecule has 10 heteroatoms. The van der Waals surface area contributed by atoms with Gasteiger partial charge in [-0.05, 0) is 59.6 Å². The summed E-state index contributed by atoms with van der Waals surface area (Å²) in [5, 5.41) is 13.9. The molecule has 2 heterocycles. The standard InChI is InChI=1S/C34H42N2O8/c1-5-21-8-7-9-22(6-2)31(21)35-29(37)19-36-18-26(24-16-27(41-4)33-28(17-24)43-20-44-33)30(34(38)39)32(36)23-10-12-25(13-11-23)42-15-14-40-3/h7-13,17,24,26,30,32H,5-6,14-16,18-20H2,1-4H3,(H,35,37)(H,38,39)/t24?,26-,30-,32+/m1/s1. The van der Waals surface area contributed by atoms with Crippen molar-refractivity contribution in [2.24, 2.45) is 17.8 Å². The van der Waals surface area contributed by atoms with Crippen molar-refractivity contribution in [3.63, 3.8) is 0 Å². The van der Waals surface area contributed by atoms with Gasteiger partial charge in [-0.25, -0.2) is 0 Å². The summed E-state index contributed by atoms with van der Waals surface area (Å²) in [6, 6.07) is 13.0. The summed E-state index contributed by atoms with van der Waals surface area (Å²) in [5.74, 6) is 0.0726. The topological polar surface area (TPSA) is 116 Å². The minimum Gasteiger partial charge on any atom is -0.497 e. The number of rotatable bonds is 13. The molecule has 2 aliphatic heterocycles. The van der Waals surface area contributed by atoms with E-state index in [4.69, 9.17) is 23.7 Å². The fourth-order valence-electron chi connectivity index (χ4n) is 6.67. The quantitative estimate of drug-likeness (QED) is 0.307. The van der Waals surface area contributed by atoms with E-state index in [1.807, 2.05) is 53.4 Å². The highest BCUT2D eigenvalue weighted by Crippen LogP contribution is 2.48. The van der Waals surface area contributed by atoms with Crippen molar-refractivity contribution in [1.29, 1.82) is 0 Å². The maximum atomic E-state index is 13.7. The summed E-state index contributed by atoms with van der Waals surface area (Å²) in [6.07, 6.45) is 4.02. The molecule has 0 radical (unpaired) electrons. The Hall–Kier alpha value is -4.02. The van der Waals surface area contributed by atoms with Crippen LogP contribution in [0.4, 0.5) is 5.69 Å². The van der Waals surface area contributed by atoms with E-state index in [-0.39, 0.29) is 31.1 Å². The van der Waals surface area contributed by atoms with Crippen molar-refractivity contribution in [1.82, 2.24) is 4.90 Å². The third-order valence-corrected chi connectivity index (χ3v) is 8.79. The lowest BCUT2D eigenvalue weighted by atomic mass is 9.76. The van der Waals surface area contributed by atoms with Crippen LogP contribution in [0.25, 0.3) is 0 Å². The number of nitrogens with zero attached hydrogens (tertiary/aromatic N) is 1. The van der Waals surface area contributed by atoms with E-state index in [2.05, 4.69) is 19.2 Å². The maximum Gasteiger partial charge on any atom is 0.308 e. The molecule has 2 aromatic rings. The van der Waals surface area contributed by atoms with Crippen LogP contribution in [-0.4, -0.2) is 69.2 Å². The first-order valence-electron chi connectivity index (χ1n) is 15.2. The molecular weight excluding hydrogens is 564 g/mol. The number of anilines is 1. The molecule has 0 bridgehead atoms. The minimum atomic E-state index is -0.913. The molecule has 10 nitrogen and oxygen atoms in total. The number of allylic oxidation sites excluding steroid dienone is 2. The van der Waals surface area contributed by atoms with Crippen LogP contribution in [0, 0.1) is 17.8 Å². The van der Waals surface area contributed by atoms with Gasteiger partial charge < -0.3 is 34.1 Å². The van der Waals surface area contributed by atoms with Gasteiger partial charge in [0.2, 0.25) is 18.5 Å². The van der Waals surface area contributed by atoms with Crippen LogP contribution in [-0.2, 0) is 41.4 Å². The fraction of sp³-hybridized carbons (Fsp3) is 0.471. The summed E-state index contributed by atoms with van der Waals surface area (Å²) in [5.41, 5.74) is 3.80. The average Bonchev–Trinajstić information content (AvgIpc) is 3.66. The van der Waals surface area contributed by atoms with E-state index in [1.54, 1.807) is 14.2 Å². The number of fused-ring (bicyclic) bond motifs is 1. The SMILES string of the molecule is CCc1cccc(CC)c1NC(=O)CN1C[C@H](C2C=C3OCOC3=C(OC)C2)[C@@H](C(=O)O)[C@@H]1c1ccc(OCCOC)cc1. The first-order chi connectivity index (χ1) is 21.4. The number of methoxy groups -OCH3 is 2. The molecule has 0 saturated carbocycles. The molecule has 2 N–H and O–H groups in total. The highest BCUT2D eigenvalue weighted by atomic mass is 16.7. The van der Waals surface area contributed by atoms with Crippen molar-refractivity contribution in [3.8, 4) is 5.75 Å². The number of nitrogens with one attached hydrogen (secondary N) is 1. The Morgan fingerprint density at radius 3 is 2.39 bits per heavy atom. The Morgan fingerprint density at radius 1 is 1.02 bits per heavy atom. The number of aliphatic carboxylic acids is 1. The van der Waals surface area contributed by atoms with Crippen LogP contribution in [0.3, 0.4) is 0 Å². The number of amides is 1. The zero-order valence-electron chi connectivity index (χ0n) is 25.8. The van der Waals surface area contributed by atoms with E-state index in [9.17, 15) is 14.7 Å². The monoisotopic (exact) mass is 606 g/mol. The molecule has 5 rings (SSSR count). The third kappa shape index (κ3) is 6.56. The number of benzene rings is 2. The molecule has 1 unspecified atom stereocenters. The summed E-state index contributed by atoms with van der Waals surface area (Å²) >= 11 is 0. The molecule has 3 aliphatic rings. The van der Waals surface area contributed by atoms with Gasteiger partial charge in [-0.3, -0.25) is 14.5 Å². The van der Waals surface area contributed by atoms with Crippen molar-refractivity contribution in [2.45, 2.75) is 39.2 Å². The van der Waals surface area contributed by atoms with Crippen LogP contribution < -0.4 is 10.1 Å². The predicted octanol–water partition coefficient (Wildman–Crippen LogP) is 4.92. The number of hydrogen-bond donors (Lipinski definition) is 2. The zero-order chi connectivity index (χ0) is 31.2. The normalized spacial score (nSPS) is 23.0. The lowest BCUT2D eigenvalue weighted by molar-refractivity contribution is -0.144. The molecule has 0 spiro atoms. The number of carboxylic acids is 1. The lowest BCUT2D eigenvalue weighted by Crippen LogP contribution is -2.35. The van der Waals surface area contributed by atoms with Crippen LogP contribution in [0.15, 0.2) is 65.8 Å². The molecule has 2 saturated heterocycles. The van der Waals surface area contributed by atoms with Crippen molar-refractivity contribution >= 4 is 17.6 Å². The van der Waals surface area contributed by atoms with E-state index < -0.39 is 17.9 Å². The van der Waals surface area contributed by atoms with Crippen LogP contribution in [0.5, 0.6) is 5.75 Å². The number of para-hydroxylation sites is 1. The largest absolute Gasteiger partial charge is 0.497 e. The number of likely N-dealkylation sites (tertiary alicyclic amines) is 1. The summed E-state index contributed by atoms with van der Waals surface area (Å²) in [4.78, 5) is 28.7. The van der Waals surface area contributed by atoms with Crippen LogP contribution >= 0.6 is 0 Å². The number of ether oxygens (including phenoxy) is 5. The van der Waals surface area contributed by atoms with E-state index >= 15 is 0 Å². The summed E-state index contributed by atoms with van der Waals surface area (Å²) in [6.45, 7) is 5.54. The maximum absolute atomic E-state index is 13.7. The summed E-state index contributed by atoms with van der Waals surface area (Å²) in [7, 11) is 3.20. The number of aryl methyl sites for hydroxylation is 2. The van der Waals surface area contributed by atoms with Gasteiger partial charge in [0.1, 0.15) is 18.1 Å². The smallest absolute Gasteiger partial charge is 0.308 e. The van der Waals surface area contributed by atoms with Gasteiger partial charge in [-0.15, -0.1) is 0 Å². The molecule has 1 amide bonds. The number of carbonyl (C=O) groups excluding carboxylic acids is 1. The Bertz CT molecular complexity index is 1380. The highest BCUT2D eigenvalue weighted by Gasteiger charge is 2.51. The lowest BCUT2D eigenvalue weighted by Gasteiger charge is -2.29. The second-order valence-corrected chi connectivity index (χ2v) is 11.3. The van der Waals surface area contributed by atoms with Gasteiger partial charge in [0.05, 0.1) is 26.2 Å². The molecule has 2 aromatic carbocycles. The van der Waals surface area contributed by atoms with E-state index in [0.717, 1.165) is 35.2 Å². The van der Waals surface area contributed by atoms with Gasteiger partial charge >= 0.3 is 5.97 Å². The molecule has 4 atom stereocenters. The van der Waals surface area contributed by atoms with Crippen LogP contribution in [0.1, 0.15) is 43.0 Å². The van der Waals surface area contributed by atoms with Gasteiger partial charge in [-0.1, -0.05) is 44.2 Å². The molecule has 236 valence electrons. The van der Waals surface area contributed by atoms with Crippen molar-refractivity contribution < 1.29 is 38.4 Å².